The summed E-state index contributed by atoms with van der Waals surface area (Å²) in [6.45, 7) is 4.79. The molecule has 1 heterocycles. The lowest BCUT2D eigenvalue weighted by atomic mass is 10.1. The molecule has 0 saturated carbocycles. The van der Waals surface area contributed by atoms with E-state index in [1.54, 1.807) is 12.1 Å². The standard InChI is InChI=1S/C12H16O3S/c1-9-3-4-11(7-10(9)2)16(13,14)12-5-6-15-8-12/h3-4,7,12H,5-6,8H2,1-2H3. The summed E-state index contributed by atoms with van der Waals surface area (Å²) in [5, 5.41) is -0.366. The van der Waals surface area contributed by atoms with Crippen molar-refractivity contribution in [2.45, 2.75) is 30.4 Å². The zero-order valence-electron chi connectivity index (χ0n) is 9.56. The van der Waals surface area contributed by atoms with E-state index in [0.29, 0.717) is 24.5 Å². The second-order valence-corrected chi connectivity index (χ2v) is 6.50. The number of sulfone groups is 1. The van der Waals surface area contributed by atoms with Crippen LogP contribution in [0.3, 0.4) is 0 Å². The quantitative estimate of drug-likeness (QED) is 0.792. The Balaban J connectivity index is 2.39. The molecule has 1 atom stereocenters. The molecule has 4 heteroatoms. The predicted octanol–water partition coefficient (Wildman–Crippen LogP) is 1.87. The maximum atomic E-state index is 12.2. The Morgan fingerprint density at radius 3 is 2.56 bits per heavy atom. The molecule has 88 valence electrons. The Hall–Kier alpha value is -0.870. The van der Waals surface area contributed by atoms with Crippen molar-refractivity contribution in [2.24, 2.45) is 0 Å². The molecule has 1 unspecified atom stereocenters. The molecule has 0 N–H and O–H groups in total. The molecule has 2 rings (SSSR count). The lowest BCUT2D eigenvalue weighted by molar-refractivity contribution is 0.198. The molecule has 3 nitrogen and oxygen atoms in total. The highest BCUT2D eigenvalue weighted by molar-refractivity contribution is 7.92. The number of benzene rings is 1. The lowest BCUT2D eigenvalue weighted by Crippen LogP contribution is -2.21. The minimum absolute atomic E-state index is 0.329. The number of ether oxygens (including phenoxy) is 1. The van der Waals surface area contributed by atoms with Crippen molar-refractivity contribution in [2.75, 3.05) is 13.2 Å². The fourth-order valence-electron chi connectivity index (χ4n) is 1.84. The van der Waals surface area contributed by atoms with Crippen LogP contribution in [0.5, 0.6) is 0 Å². The van der Waals surface area contributed by atoms with Gasteiger partial charge in [-0.1, -0.05) is 6.07 Å². The molecule has 1 aromatic carbocycles. The smallest absolute Gasteiger partial charge is 0.183 e. The van der Waals surface area contributed by atoms with Crippen molar-refractivity contribution < 1.29 is 13.2 Å². The van der Waals surface area contributed by atoms with Gasteiger partial charge in [-0.15, -0.1) is 0 Å². The molecule has 1 saturated heterocycles. The van der Waals surface area contributed by atoms with Gasteiger partial charge in [0.1, 0.15) is 0 Å². The summed E-state index contributed by atoms with van der Waals surface area (Å²) in [7, 11) is -3.20. The van der Waals surface area contributed by atoms with Gasteiger partial charge in [0.2, 0.25) is 0 Å². The first-order chi connectivity index (χ1) is 7.51. The summed E-state index contributed by atoms with van der Waals surface area (Å²) in [5.41, 5.74) is 2.13. The average Bonchev–Trinajstić information content (AvgIpc) is 2.75. The summed E-state index contributed by atoms with van der Waals surface area (Å²) < 4.78 is 29.6. The lowest BCUT2D eigenvalue weighted by Gasteiger charge is -2.11. The predicted molar refractivity (Wildman–Crippen MR) is 62.3 cm³/mol. The highest BCUT2D eigenvalue weighted by Crippen LogP contribution is 2.23. The highest BCUT2D eigenvalue weighted by atomic mass is 32.2. The summed E-state index contributed by atoms with van der Waals surface area (Å²) in [6, 6.07) is 5.30. The molecule has 0 spiro atoms. The van der Waals surface area contributed by atoms with Gasteiger partial charge in [-0.3, -0.25) is 0 Å². The van der Waals surface area contributed by atoms with Crippen LogP contribution in [0.1, 0.15) is 17.5 Å². The number of hydrogen-bond acceptors (Lipinski definition) is 3. The zero-order valence-corrected chi connectivity index (χ0v) is 10.4. The molecule has 1 aliphatic heterocycles. The van der Waals surface area contributed by atoms with E-state index in [1.165, 1.54) is 0 Å². The number of rotatable bonds is 2. The van der Waals surface area contributed by atoms with Crippen LogP contribution in [-0.4, -0.2) is 26.9 Å². The minimum Gasteiger partial charge on any atom is -0.380 e. The normalized spacial score (nSPS) is 21.2. The molecular formula is C12H16O3S. The third-order valence-corrected chi connectivity index (χ3v) is 5.29. The van der Waals surface area contributed by atoms with Gasteiger partial charge >= 0.3 is 0 Å². The van der Waals surface area contributed by atoms with Gasteiger partial charge in [-0.05, 0) is 43.5 Å². The van der Waals surface area contributed by atoms with E-state index in [1.807, 2.05) is 19.9 Å². The topological polar surface area (TPSA) is 43.4 Å². The first-order valence-corrected chi connectivity index (χ1v) is 6.95. The molecule has 0 aliphatic carbocycles. The Bertz CT molecular complexity index is 485. The first-order valence-electron chi connectivity index (χ1n) is 5.41. The summed E-state index contributed by atoms with van der Waals surface area (Å²) in [4.78, 5) is 0.422. The molecule has 0 bridgehead atoms. The van der Waals surface area contributed by atoms with Crippen molar-refractivity contribution in [3.05, 3.63) is 29.3 Å². The second-order valence-electron chi connectivity index (χ2n) is 4.28. The van der Waals surface area contributed by atoms with Crippen LogP contribution in [0.25, 0.3) is 0 Å². The molecule has 16 heavy (non-hydrogen) atoms. The third-order valence-electron chi connectivity index (χ3n) is 3.13. The van der Waals surface area contributed by atoms with E-state index in [2.05, 4.69) is 0 Å². The van der Waals surface area contributed by atoms with Gasteiger partial charge < -0.3 is 4.74 Å². The number of hydrogen-bond donors (Lipinski definition) is 0. The van der Waals surface area contributed by atoms with Gasteiger partial charge in [0, 0.05) is 6.61 Å². The van der Waals surface area contributed by atoms with E-state index in [-0.39, 0.29) is 5.25 Å². The van der Waals surface area contributed by atoms with Gasteiger partial charge in [0.25, 0.3) is 0 Å². The van der Waals surface area contributed by atoms with E-state index in [4.69, 9.17) is 4.74 Å². The van der Waals surface area contributed by atoms with Gasteiger partial charge in [0.05, 0.1) is 16.8 Å². The Morgan fingerprint density at radius 1 is 1.25 bits per heavy atom. The summed E-state index contributed by atoms with van der Waals surface area (Å²) >= 11 is 0. The fraction of sp³-hybridized carbons (Fsp3) is 0.500. The highest BCUT2D eigenvalue weighted by Gasteiger charge is 2.31. The SMILES string of the molecule is Cc1ccc(S(=O)(=O)C2CCOC2)cc1C. The molecule has 0 radical (unpaired) electrons. The average molecular weight is 240 g/mol. The van der Waals surface area contributed by atoms with Crippen LogP contribution in [0.15, 0.2) is 23.1 Å². The fourth-order valence-corrected chi connectivity index (χ4v) is 3.51. The molecule has 1 aliphatic rings. The van der Waals surface area contributed by atoms with Crippen LogP contribution >= 0.6 is 0 Å². The first kappa shape index (κ1) is 11.6. The summed E-state index contributed by atoms with van der Waals surface area (Å²) in [5.74, 6) is 0. The van der Waals surface area contributed by atoms with Crippen LogP contribution in [0.2, 0.25) is 0 Å². The van der Waals surface area contributed by atoms with Crippen molar-refractivity contribution in [1.82, 2.24) is 0 Å². The van der Waals surface area contributed by atoms with Crippen molar-refractivity contribution in [3.63, 3.8) is 0 Å². The van der Waals surface area contributed by atoms with Crippen molar-refractivity contribution >= 4 is 9.84 Å². The van der Waals surface area contributed by atoms with Crippen LogP contribution < -0.4 is 0 Å². The van der Waals surface area contributed by atoms with E-state index < -0.39 is 9.84 Å². The maximum absolute atomic E-state index is 12.2. The van der Waals surface area contributed by atoms with Crippen LogP contribution in [-0.2, 0) is 14.6 Å². The second kappa shape index (κ2) is 4.18. The zero-order chi connectivity index (χ0) is 11.8. The Labute approximate surface area is 96.4 Å². The van der Waals surface area contributed by atoms with E-state index in [0.717, 1.165) is 11.1 Å². The van der Waals surface area contributed by atoms with Crippen LogP contribution in [0, 0.1) is 13.8 Å². The molecular weight excluding hydrogens is 224 g/mol. The monoisotopic (exact) mass is 240 g/mol. The minimum atomic E-state index is -3.20. The Morgan fingerprint density at radius 2 is 2.00 bits per heavy atom. The van der Waals surface area contributed by atoms with Gasteiger partial charge in [-0.2, -0.15) is 0 Å². The van der Waals surface area contributed by atoms with Gasteiger partial charge in [0.15, 0.2) is 9.84 Å². The van der Waals surface area contributed by atoms with Gasteiger partial charge in [-0.25, -0.2) is 8.42 Å². The largest absolute Gasteiger partial charge is 0.380 e. The molecule has 1 aromatic rings. The summed E-state index contributed by atoms with van der Waals surface area (Å²) in [6.07, 6.45) is 0.606. The molecule has 0 amide bonds. The molecule has 1 fully saturated rings. The number of aryl methyl sites for hydroxylation is 2. The van der Waals surface area contributed by atoms with Crippen molar-refractivity contribution in [1.29, 1.82) is 0 Å². The molecule has 0 aromatic heterocycles. The van der Waals surface area contributed by atoms with E-state index >= 15 is 0 Å². The van der Waals surface area contributed by atoms with E-state index in [9.17, 15) is 8.42 Å². The Kier molecular flexibility index (Phi) is 3.04. The maximum Gasteiger partial charge on any atom is 0.183 e. The third kappa shape index (κ3) is 1.99. The van der Waals surface area contributed by atoms with Crippen LogP contribution in [0.4, 0.5) is 0 Å². The van der Waals surface area contributed by atoms with Crippen molar-refractivity contribution in [3.8, 4) is 0 Å².